The lowest BCUT2D eigenvalue weighted by Crippen LogP contribution is -2.47. The molecule has 0 unspecified atom stereocenters. The van der Waals surface area contributed by atoms with Crippen LogP contribution in [0, 0.1) is 11.6 Å². The van der Waals surface area contributed by atoms with E-state index < -0.39 is 23.6 Å². The van der Waals surface area contributed by atoms with Crippen molar-refractivity contribution < 1.29 is 23.5 Å². The number of aromatic nitrogens is 1. The molecule has 1 atom stereocenters. The van der Waals surface area contributed by atoms with Gasteiger partial charge in [-0.05, 0) is 6.07 Å². The number of hydrogen-bond acceptors (Lipinski definition) is 5. The molecule has 0 spiro atoms. The third-order valence-electron chi connectivity index (χ3n) is 3.16. The van der Waals surface area contributed by atoms with E-state index in [1.807, 2.05) is 0 Å². The Morgan fingerprint density at radius 1 is 1.23 bits per heavy atom. The van der Waals surface area contributed by atoms with Crippen molar-refractivity contribution in [2.75, 3.05) is 5.06 Å². The standard InChI is InChI=1S/C14H11F2N3O3/c15-8-3-9(16)5-10(4-8)22-11-1-7-2-12(17)14(20)19(21)13(7)18-6-11/h1,3-6,12,21H,2,17H2/t12-/m0/s1. The molecule has 8 heteroatoms. The van der Waals surface area contributed by atoms with Gasteiger partial charge >= 0.3 is 0 Å². The van der Waals surface area contributed by atoms with Crippen LogP contribution >= 0.6 is 0 Å². The lowest BCUT2D eigenvalue weighted by atomic mass is 10.0. The van der Waals surface area contributed by atoms with Crippen LogP contribution in [0.4, 0.5) is 14.6 Å². The lowest BCUT2D eigenvalue weighted by molar-refractivity contribution is -0.125. The summed E-state index contributed by atoms with van der Waals surface area (Å²) in [5, 5.41) is 10.0. The van der Waals surface area contributed by atoms with Crippen LogP contribution in [0.2, 0.25) is 0 Å². The first-order valence-electron chi connectivity index (χ1n) is 6.35. The highest BCUT2D eigenvalue weighted by molar-refractivity contribution is 5.97. The van der Waals surface area contributed by atoms with Crippen molar-refractivity contribution in [1.29, 1.82) is 0 Å². The van der Waals surface area contributed by atoms with Crippen molar-refractivity contribution in [3.63, 3.8) is 0 Å². The van der Waals surface area contributed by atoms with E-state index in [0.717, 1.165) is 18.2 Å². The van der Waals surface area contributed by atoms with Gasteiger partial charge in [0.1, 0.15) is 23.1 Å². The van der Waals surface area contributed by atoms with E-state index in [1.165, 1.54) is 12.3 Å². The average molecular weight is 307 g/mol. The normalized spacial score (nSPS) is 17.4. The van der Waals surface area contributed by atoms with Gasteiger partial charge in [0.05, 0.1) is 12.2 Å². The number of amides is 1. The number of hydrogen-bond donors (Lipinski definition) is 2. The predicted molar refractivity (Wildman–Crippen MR) is 71.6 cm³/mol. The molecular weight excluding hydrogens is 296 g/mol. The smallest absolute Gasteiger partial charge is 0.269 e. The fourth-order valence-electron chi connectivity index (χ4n) is 2.19. The number of rotatable bonds is 2. The molecule has 114 valence electrons. The summed E-state index contributed by atoms with van der Waals surface area (Å²) in [5.41, 5.74) is 6.10. The highest BCUT2D eigenvalue weighted by Crippen LogP contribution is 2.30. The Balaban J connectivity index is 1.91. The van der Waals surface area contributed by atoms with Crippen molar-refractivity contribution in [3.05, 3.63) is 47.7 Å². The number of hydroxylamine groups is 1. The van der Waals surface area contributed by atoms with Gasteiger partial charge in [-0.1, -0.05) is 0 Å². The molecule has 1 aliphatic rings. The molecule has 0 saturated carbocycles. The molecule has 0 fully saturated rings. The maximum Gasteiger partial charge on any atom is 0.269 e. The minimum atomic E-state index is -0.888. The molecule has 22 heavy (non-hydrogen) atoms. The van der Waals surface area contributed by atoms with Crippen molar-refractivity contribution in [2.24, 2.45) is 5.73 Å². The van der Waals surface area contributed by atoms with Crippen molar-refractivity contribution >= 4 is 11.7 Å². The molecule has 0 radical (unpaired) electrons. The minimum Gasteiger partial charge on any atom is -0.456 e. The first-order valence-corrected chi connectivity index (χ1v) is 6.35. The zero-order chi connectivity index (χ0) is 15.9. The van der Waals surface area contributed by atoms with Crippen molar-refractivity contribution in [1.82, 2.24) is 4.98 Å². The number of nitrogens with two attached hydrogens (primary N) is 1. The summed E-state index contributed by atoms with van der Waals surface area (Å²) in [7, 11) is 0. The Hall–Kier alpha value is -2.58. The molecule has 6 nitrogen and oxygen atoms in total. The van der Waals surface area contributed by atoms with E-state index in [9.17, 15) is 18.8 Å². The molecule has 1 amide bonds. The van der Waals surface area contributed by atoms with Crippen LogP contribution in [0.25, 0.3) is 0 Å². The summed E-state index contributed by atoms with van der Waals surface area (Å²) in [6, 6.07) is 3.39. The summed E-state index contributed by atoms with van der Waals surface area (Å²) in [6.07, 6.45) is 1.40. The number of ether oxygens (including phenoxy) is 1. The quantitative estimate of drug-likeness (QED) is 0.825. The zero-order valence-corrected chi connectivity index (χ0v) is 11.2. The maximum atomic E-state index is 13.1. The number of nitrogens with zero attached hydrogens (tertiary/aromatic N) is 2. The summed E-state index contributed by atoms with van der Waals surface area (Å²) in [5.74, 6) is -1.95. The molecule has 2 heterocycles. The van der Waals surface area contributed by atoms with E-state index in [1.54, 1.807) is 0 Å². The predicted octanol–water partition coefficient (Wildman–Crippen LogP) is 1.76. The van der Waals surface area contributed by atoms with Gasteiger partial charge in [0.25, 0.3) is 5.91 Å². The summed E-state index contributed by atoms with van der Waals surface area (Å²) >= 11 is 0. The van der Waals surface area contributed by atoms with Gasteiger partial charge < -0.3 is 10.5 Å². The van der Waals surface area contributed by atoms with Crippen LogP contribution in [0.5, 0.6) is 11.5 Å². The van der Waals surface area contributed by atoms with Crippen molar-refractivity contribution in [2.45, 2.75) is 12.5 Å². The Morgan fingerprint density at radius 2 is 1.91 bits per heavy atom. The molecule has 1 aliphatic heterocycles. The van der Waals surface area contributed by atoms with Gasteiger partial charge in [0, 0.05) is 30.2 Å². The maximum absolute atomic E-state index is 13.1. The fourth-order valence-corrected chi connectivity index (χ4v) is 2.19. The first-order chi connectivity index (χ1) is 10.4. The molecule has 3 N–H and O–H groups in total. The Morgan fingerprint density at radius 3 is 2.59 bits per heavy atom. The number of carbonyl (C=O) groups excluding carboxylic acids is 1. The summed E-state index contributed by atoms with van der Waals surface area (Å²) in [6.45, 7) is 0. The second kappa shape index (κ2) is 5.32. The van der Waals surface area contributed by atoms with Crippen LogP contribution in [0.15, 0.2) is 30.5 Å². The number of pyridine rings is 1. The van der Waals surface area contributed by atoms with E-state index >= 15 is 0 Å². The van der Waals surface area contributed by atoms with Crippen molar-refractivity contribution in [3.8, 4) is 11.5 Å². The van der Waals surface area contributed by atoms with Crippen LogP contribution in [0.3, 0.4) is 0 Å². The van der Waals surface area contributed by atoms with Gasteiger partial charge in [0.2, 0.25) is 0 Å². The number of halogens is 2. The Bertz CT molecular complexity index is 734. The molecule has 1 aromatic heterocycles. The molecule has 0 bridgehead atoms. The number of carbonyl (C=O) groups is 1. The van der Waals surface area contributed by atoms with Gasteiger partial charge in [-0.2, -0.15) is 5.06 Å². The van der Waals surface area contributed by atoms with E-state index in [2.05, 4.69) is 4.98 Å². The largest absolute Gasteiger partial charge is 0.456 e. The molecule has 0 saturated heterocycles. The number of fused-ring (bicyclic) bond motifs is 1. The highest BCUT2D eigenvalue weighted by atomic mass is 19.1. The third-order valence-corrected chi connectivity index (χ3v) is 3.16. The molecule has 0 aliphatic carbocycles. The van der Waals surface area contributed by atoms with Crippen LogP contribution in [0.1, 0.15) is 5.56 Å². The summed E-state index contributed by atoms with van der Waals surface area (Å²) in [4.78, 5) is 15.4. The topological polar surface area (TPSA) is 88.7 Å². The monoisotopic (exact) mass is 307 g/mol. The van der Waals surface area contributed by atoms with Gasteiger partial charge in [-0.3, -0.25) is 10.0 Å². The third kappa shape index (κ3) is 2.61. The average Bonchev–Trinajstić information content (AvgIpc) is 2.43. The Labute approximate surface area is 123 Å². The molecule has 2 aromatic rings. The first kappa shape index (κ1) is 14.4. The molecule has 1 aromatic carbocycles. The van der Waals surface area contributed by atoms with Gasteiger partial charge in [-0.15, -0.1) is 0 Å². The van der Waals surface area contributed by atoms with Crippen LogP contribution in [-0.2, 0) is 11.2 Å². The van der Waals surface area contributed by atoms with E-state index in [-0.39, 0.29) is 23.7 Å². The van der Waals surface area contributed by atoms with E-state index in [4.69, 9.17) is 10.5 Å². The minimum absolute atomic E-state index is 0.0312. The second-order valence-corrected chi connectivity index (χ2v) is 4.82. The van der Waals surface area contributed by atoms with Crippen LogP contribution < -0.4 is 15.5 Å². The SMILES string of the molecule is N[C@H]1Cc2cc(Oc3cc(F)cc(F)c3)cnc2N(O)C1=O. The highest BCUT2D eigenvalue weighted by Gasteiger charge is 2.31. The lowest BCUT2D eigenvalue weighted by Gasteiger charge is -2.26. The van der Waals surface area contributed by atoms with Gasteiger partial charge in [-0.25, -0.2) is 13.8 Å². The second-order valence-electron chi connectivity index (χ2n) is 4.82. The Kier molecular flexibility index (Phi) is 3.47. The van der Waals surface area contributed by atoms with E-state index in [0.29, 0.717) is 10.6 Å². The molecule has 3 rings (SSSR count). The fraction of sp³-hybridized carbons (Fsp3) is 0.143. The molecular formula is C14H11F2N3O3. The number of benzene rings is 1. The van der Waals surface area contributed by atoms with Crippen LogP contribution in [-0.4, -0.2) is 22.1 Å². The summed E-state index contributed by atoms with van der Waals surface area (Å²) < 4.78 is 31.6. The number of anilines is 1. The van der Waals surface area contributed by atoms with Gasteiger partial charge in [0.15, 0.2) is 5.82 Å². The zero-order valence-electron chi connectivity index (χ0n) is 11.2.